The van der Waals surface area contributed by atoms with Crippen molar-refractivity contribution in [2.24, 2.45) is 0 Å². The average Bonchev–Trinajstić information content (AvgIpc) is 3.21. The fourth-order valence-electron chi connectivity index (χ4n) is 7.83. The summed E-state index contributed by atoms with van der Waals surface area (Å²) in [6.45, 7) is 1.33. The Labute approximate surface area is 343 Å². The van der Waals surface area contributed by atoms with Crippen LogP contribution in [0.1, 0.15) is 55.2 Å². The summed E-state index contributed by atoms with van der Waals surface area (Å²) in [6.07, 6.45) is -17.2. The molecule has 0 saturated carbocycles. The molecule has 12 nitrogen and oxygen atoms in total. The second-order valence-electron chi connectivity index (χ2n) is 15.1. The van der Waals surface area contributed by atoms with Gasteiger partial charge in [-0.2, -0.15) is 39.5 Å². The highest BCUT2D eigenvalue weighted by atomic mass is 19.4. The van der Waals surface area contributed by atoms with Gasteiger partial charge in [0.1, 0.15) is 5.56 Å². The number of piperidine rings is 3. The molecule has 2 atom stereocenters. The van der Waals surface area contributed by atoms with E-state index in [2.05, 4.69) is 5.32 Å². The van der Waals surface area contributed by atoms with Crippen LogP contribution in [0.3, 0.4) is 0 Å². The van der Waals surface area contributed by atoms with Gasteiger partial charge in [-0.25, -0.2) is 4.79 Å². The number of ether oxygens (including phenoxy) is 2. The number of alkyl halides is 9. The topological polar surface area (TPSA) is 138 Å². The van der Waals surface area contributed by atoms with Crippen molar-refractivity contribution in [2.75, 3.05) is 54.4 Å². The average molecular weight is 876 g/mol. The molecule has 0 radical (unpaired) electrons. The third-order valence-electron chi connectivity index (χ3n) is 11.1. The Kier molecular flexibility index (Phi) is 13.6. The maximum atomic E-state index is 14.3. The zero-order chi connectivity index (χ0) is 44.3. The molecule has 0 aliphatic carbocycles. The highest BCUT2D eigenvalue weighted by molar-refractivity contribution is 5.88. The molecule has 61 heavy (non-hydrogen) atoms. The molecule has 332 valence electrons. The van der Waals surface area contributed by atoms with Gasteiger partial charge in [-0.3, -0.25) is 14.9 Å². The molecule has 3 heterocycles. The lowest BCUT2D eigenvalue weighted by molar-refractivity contribution is -0.388. The van der Waals surface area contributed by atoms with Crippen molar-refractivity contribution in [3.05, 3.63) is 93.5 Å². The van der Waals surface area contributed by atoms with Crippen LogP contribution in [0.2, 0.25) is 0 Å². The molecule has 21 heteroatoms. The highest BCUT2D eigenvalue weighted by Crippen LogP contribution is 2.38. The van der Waals surface area contributed by atoms with E-state index in [0.29, 0.717) is 43.6 Å². The van der Waals surface area contributed by atoms with Crippen molar-refractivity contribution in [2.45, 2.75) is 87.5 Å². The first-order valence-corrected chi connectivity index (χ1v) is 19.5. The fraction of sp³-hybridized carbons (Fsp3) is 0.500. The summed E-state index contributed by atoms with van der Waals surface area (Å²) in [5, 5.41) is 24.6. The summed E-state index contributed by atoms with van der Waals surface area (Å²) in [5.41, 5.74) is -3.08. The van der Waals surface area contributed by atoms with Gasteiger partial charge in [-0.05, 0) is 99.2 Å². The van der Waals surface area contributed by atoms with Crippen molar-refractivity contribution in [1.29, 1.82) is 0 Å². The van der Waals surface area contributed by atoms with Gasteiger partial charge in [0.25, 0.3) is 11.6 Å². The van der Waals surface area contributed by atoms with E-state index < -0.39 is 88.2 Å². The molecular weight excluding hydrogens is 833 g/mol. The monoisotopic (exact) mass is 875 g/mol. The number of anilines is 3. The van der Waals surface area contributed by atoms with Gasteiger partial charge in [0.2, 0.25) is 0 Å². The zero-order valence-corrected chi connectivity index (χ0v) is 32.3. The Morgan fingerprint density at radius 3 is 1.49 bits per heavy atom. The lowest BCUT2D eigenvalue weighted by Gasteiger charge is -2.40. The highest BCUT2D eigenvalue weighted by Gasteiger charge is 2.44. The third kappa shape index (κ3) is 11.3. The van der Waals surface area contributed by atoms with Crippen LogP contribution in [0.25, 0.3) is 0 Å². The Balaban J connectivity index is 1.13. The number of benzene rings is 3. The number of nitrogens with zero attached hydrogens (tertiary/aromatic N) is 4. The third-order valence-corrected chi connectivity index (χ3v) is 11.1. The molecule has 0 bridgehead atoms. The van der Waals surface area contributed by atoms with Crippen molar-refractivity contribution in [3.63, 3.8) is 0 Å². The van der Waals surface area contributed by atoms with Crippen molar-refractivity contribution < 1.29 is 68.6 Å². The number of likely N-dealkylation sites (tertiary alicyclic amines) is 1. The second kappa shape index (κ2) is 18.3. The number of carboxylic acid groups (broad SMARTS) is 1. The first-order valence-electron chi connectivity index (χ1n) is 19.5. The Morgan fingerprint density at radius 1 is 0.656 bits per heavy atom. The number of carbonyl (C=O) groups is 2. The van der Waals surface area contributed by atoms with Crippen LogP contribution in [-0.2, 0) is 37.6 Å². The van der Waals surface area contributed by atoms with Gasteiger partial charge in [-0.1, -0.05) is 0 Å². The Morgan fingerprint density at radius 2 is 1.10 bits per heavy atom. The van der Waals surface area contributed by atoms with Crippen molar-refractivity contribution in [1.82, 2.24) is 4.90 Å². The van der Waals surface area contributed by atoms with E-state index in [4.69, 9.17) is 9.47 Å². The summed E-state index contributed by atoms with van der Waals surface area (Å²) < 4.78 is 132. The van der Waals surface area contributed by atoms with Crippen LogP contribution < -0.4 is 15.1 Å². The van der Waals surface area contributed by atoms with Crippen LogP contribution in [-0.4, -0.2) is 96.5 Å². The van der Waals surface area contributed by atoms with E-state index >= 15 is 0 Å². The summed E-state index contributed by atoms with van der Waals surface area (Å²) in [5.74, 6) is -2.19. The molecule has 0 aromatic heterocycles. The number of hydrogen-bond acceptors (Lipinski definition) is 9. The fourth-order valence-corrected chi connectivity index (χ4v) is 7.83. The summed E-state index contributed by atoms with van der Waals surface area (Å²) in [7, 11) is 0. The first kappa shape index (κ1) is 45.2. The molecule has 0 spiro atoms. The number of carboxylic acids is 1. The molecule has 2 unspecified atom stereocenters. The van der Waals surface area contributed by atoms with Crippen LogP contribution in [0.4, 0.5) is 62.3 Å². The first-order chi connectivity index (χ1) is 28.7. The molecule has 3 aliphatic heterocycles. The lowest BCUT2D eigenvalue weighted by atomic mass is 10.0. The van der Waals surface area contributed by atoms with Gasteiger partial charge in [0.15, 0.2) is 12.2 Å². The number of halogens is 9. The predicted octanol–water partition coefficient (Wildman–Crippen LogP) is 8.25. The van der Waals surface area contributed by atoms with Gasteiger partial charge in [0, 0.05) is 68.4 Å². The maximum Gasteiger partial charge on any atom is 0.423 e. The minimum absolute atomic E-state index is 0.0183. The molecule has 3 fully saturated rings. The van der Waals surface area contributed by atoms with Crippen LogP contribution in [0.5, 0.6) is 0 Å². The maximum absolute atomic E-state index is 14.3. The SMILES string of the molecule is O=C(O)C(OC1CCN(c2ccc(C(F)(F)F)cc2)CC1)C(OC1CCN(c2ccc(C(F)(F)F)cc2)CC1)C(=O)N1CCC(Nc2ccc([N+](=O)[O-])c(C(F)(F)F)c2)CC1. The quantitative estimate of drug-likeness (QED) is 0.104. The van der Waals surface area contributed by atoms with Crippen LogP contribution in [0.15, 0.2) is 66.7 Å². The minimum Gasteiger partial charge on any atom is -0.479 e. The molecule has 3 aliphatic rings. The van der Waals surface area contributed by atoms with Gasteiger partial charge < -0.3 is 34.6 Å². The van der Waals surface area contributed by atoms with Gasteiger partial charge >= 0.3 is 24.5 Å². The standard InChI is InChI=1S/C40H42F9N5O7/c41-38(42,43)24-1-6-28(7-2-24)51-19-13-30(14-20-51)60-34(35(37(56)57)61-31-15-21-52(22-16-31)29-8-3-25(4-9-29)39(44,45)46)36(55)53-17-11-26(12-18-53)50-27-5-10-33(54(58)59)32(23-27)40(47,48)49/h1-10,23,26,30-31,34-35,50H,11-22H2,(H,56,57). The number of amides is 1. The molecule has 3 aromatic rings. The second-order valence-corrected chi connectivity index (χ2v) is 15.1. The summed E-state index contributed by atoms with van der Waals surface area (Å²) in [6, 6.07) is 11.4. The number of aliphatic carboxylic acids is 1. The normalized spacial score (nSPS) is 18.8. The number of nitro benzene ring substituents is 1. The van der Waals surface area contributed by atoms with Crippen molar-refractivity contribution >= 4 is 34.6 Å². The molecule has 3 aromatic carbocycles. The smallest absolute Gasteiger partial charge is 0.423 e. The van der Waals surface area contributed by atoms with Crippen molar-refractivity contribution in [3.8, 4) is 0 Å². The Hall–Kier alpha value is -5.31. The molecule has 3 saturated heterocycles. The molecule has 2 N–H and O–H groups in total. The molecule has 1 amide bonds. The number of nitrogens with one attached hydrogen (secondary N) is 1. The predicted molar refractivity (Wildman–Crippen MR) is 202 cm³/mol. The molecule has 6 rings (SSSR count). The molecular formula is C40H42F9N5O7. The van der Waals surface area contributed by atoms with Gasteiger partial charge in [-0.15, -0.1) is 0 Å². The Bertz CT molecular complexity index is 1990. The van der Waals surface area contributed by atoms with E-state index in [0.717, 1.165) is 36.4 Å². The number of rotatable bonds is 12. The van der Waals surface area contributed by atoms with Crippen LogP contribution in [0, 0.1) is 10.1 Å². The van der Waals surface area contributed by atoms with Crippen LogP contribution >= 0.6 is 0 Å². The number of carbonyl (C=O) groups excluding carboxylic acids is 1. The van der Waals surface area contributed by atoms with E-state index in [1.165, 1.54) is 29.2 Å². The van der Waals surface area contributed by atoms with E-state index in [1.807, 2.05) is 9.80 Å². The number of hydrogen-bond donors (Lipinski definition) is 2. The largest absolute Gasteiger partial charge is 0.479 e. The van der Waals surface area contributed by atoms with E-state index in [1.54, 1.807) is 0 Å². The lowest BCUT2D eigenvalue weighted by Crippen LogP contribution is -2.55. The van der Waals surface area contributed by atoms with E-state index in [9.17, 15) is 64.3 Å². The zero-order valence-electron chi connectivity index (χ0n) is 32.3. The minimum atomic E-state index is -4.99. The summed E-state index contributed by atoms with van der Waals surface area (Å²) in [4.78, 5) is 42.3. The number of nitro groups is 1. The summed E-state index contributed by atoms with van der Waals surface area (Å²) >= 11 is 0. The van der Waals surface area contributed by atoms with E-state index in [-0.39, 0.29) is 57.3 Å². The van der Waals surface area contributed by atoms with Gasteiger partial charge in [0.05, 0.1) is 28.3 Å².